The van der Waals surface area contributed by atoms with E-state index < -0.39 is 16.7 Å². The number of carbonyl (C=O) groups excluding carboxylic acids is 2. The third-order valence-corrected chi connectivity index (χ3v) is 4.12. The van der Waals surface area contributed by atoms with Crippen molar-refractivity contribution in [1.29, 1.82) is 0 Å². The molecule has 2 amide bonds. The number of pyridine rings is 1. The van der Waals surface area contributed by atoms with Crippen LogP contribution in [0.2, 0.25) is 0 Å². The average molecular weight is 382 g/mol. The first-order valence-corrected chi connectivity index (χ1v) is 8.48. The summed E-state index contributed by atoms with van der Waals surface area (Å²) in [7, 11) is 0. The Balaban J connectivity index is 1.73. The van der Waals surface area contributed by atoms with Gasteiger partial charge in [0.2, 0.25) is 0 Å². The van der Waals surface area contributed by atoms with Crippen molar-refractivity contribution in [3.63, 3.8) is 0 Å². The zero-order valence-electron chi connectivity index (χ0n) is 15.5. The maximum Gasteiger partial charge on any atom is 0.271 e. The van der Waals surface area contributed by atoms with Crippen LogP contribution in [0.5, 0.6) is 0 Å². The first kappa shape index (κ1) is 19.0. The molecular formula is C18H18N6O4. The predicted molar refractivity (Wildman–Crippen MR) is 101 cm³/mol. The highest BCUT2D eigenvalue weighted by Gasteiger charge is 2.16. The molecule has 2 N–H and O–H groups in total. The van der Waals surface area contributed by atoms with Crippen LogP contribution in [-0.4, -0.2) is 31.5 Å². The van der Waals surface area contributed by atoms with Gasteiger partial charge in [-0.3, -0.25) is 30.6 Å². The SMILES string of the molecule is Cc1nc2c(cnn2C(C)C)cc1C(=O)NNC(=O)c1ccc([N+](=O)[O-])cc1. The van der Waals surface area contributed by atoms with Gasteiger partial charge in [-0.1, -0.05) is 0 Å². The molecule has 3 rings (SSSR count). The molecule has 0 fully saturated rings. The molecule has 0 radical (unpaired) electrons. The summed E-state index contributed by atoms with van der Waals surface area (Å²) in [5.74, 6) is -1.12. The number of aryl methyl sites for hydroxylation is 1. The number of benzene rings is 1. The zero-order valence-corrected chi connectivity index (χ0v) is 15.5. The second kappa shape index (κ2) is 7.43. The number of hydrazine groups is 1. The van der Waals surface area contributed by atoms with E-state index in [0.717, 1.165) is 0 Å². The molecule has 0 saturated carbocycles. The van der Waals surface area contributed by atoms with Crippen molar-refractivity contribution in [1.82, 2.24) is 25.6 Å². The Hall–Kier alpha value is -3.82. The Morgan fingerprint density at radius 1 is 1.14 bits per heavy atom. The van der Waals surface area contributed by atoms with E-state index in [0.29, 0.717) is 22.3 Å². The van der Waals surface area contributed by atoms with E-state index in [-0.39, 0.29) is 17.3 Å². The van der Waals surface area contributed by atoms with E-state index in [1.54, 1.807) is 23.9 Å². The third-order valence-electron chi connectivity index (χ3n) is 4.12. The lowest BCUT2D eigenvalue weighted by Crippen LogP contribution is -2.41. The van der Waals surface area contributed by atoms with Gasteiger partial charge in [-0.05, 0) is 39.0 Å². The Kier molecular flexibility index (Phi) is 5.03. The quantitative estimate of drug-likeness (QED) is 0.526. The van der Waals surface area contributed by atoms with Crippen LogP contribution in [0.25, 0.3) is 11.0 Å². The molecule has 0 aliphatic heterocycles. The molecule has 2 aromatic heterocycles. The minimum absolute atomic E-state index is 0.127. The summed E-state index contributed by atoms with van der Waals surface area (Å²) in [5.41, 5.74) is 6.15. The van der Waals surface area contributed by atoms with Crippen molar-refractivity contribution < 1.29 is 14.5 Å². The molecule has 0 atom stereocenters. The van der Waals surface area contributed by atoms with Gasteiger partial charge >= 0.3 is 0 Å². The molecule has 2 heterocycles. The van der Waals surface area contributed by atoms with Crippen molar-refractivity contribution in [3.8, 4) is 0 Å². The molecule has 3 aromatic rings. The molecule has 144 valence electrons. The first-order chi connectivity index (χ1) is 13.3. The standard InChI is InChI=1S/C18H18N6O4/c1-10(2)23-16-13(9-19-23)8-15(11(3)20-16)18(26)22-21-17(25)12-4-6-14(7-5-12)24(27)28/h4-10H,1-3H3,(H,21,25)(H,22,26). The molecule has 0 spiro atoms. The lowest BCUT2D eigenvalue weighted by atomic mass is 10.1. The van der Waals surface area contributed by atoms with Crippen LogP contribution >= 0.6 is 0 Å². The van der Waals surface area contributed by atoms with Crippen LogP contribution in [0.4, 0.5) is 5.69 Å². The Morgan fingerprint density at radius 3 is 2.39 bits per heavy atom. The molecule has 1 aromatic carbocycles. The second-order valence-corrected chi connectivity index (χ2v) is 6.43. The van der Waals surface area contributed by atoms with Gasteiger partial charge in [-0.15, -0.1) is 0 Å². The van der Waals surface area contributed by atoms with Crippen molar-refractivity contribution in [2.75, 3.05) is 0 Å². The lowest BCUT2D eigenvalue weighted by Gasteiger charge is -2.10. The van der Waals surface area contributed by atoms with E-state index in [1.165, 1.54) is 24.3 Å². The maximum absolute atomic E-state index is 12.4. The molecule has 28 heavy (non-hydrogen) atoms. The number of fused-ring (bicyclic) bond motifs is 1. The van der Waals surface area contributed by atoms with Gasteiger partial charge in [0.05, 0.1) is 22.4 Å². The summed E-state index contributed by atoms with van der Waals surface area (Å²) in [6.07, 6.45) is 1.63. The van der Waals surface area contributed by atoms with Gasteiger partial charge in [0, 0.05) is 29.1 Å². The molecule has 10 nitrogen and oxygen atoms in total. The molecule has 0 aliphatic rings. The molecule has 0 aliphatic carbocycles. The summed E-state index contributed by atoms with van der Waals surface area (Å²) in [6.45, 7) is 5.67. The number of hydrogen-bond donors (Lipinski definition) is 2. The van der Waals surface area contributed by atoms with Gasteiger partial charge in [0.15, 0.2) is 5.65 Å². The van der Waals surface area contributed by atoms with Gasteiger partial charge in [0.1, 0.15) is 0 Å². The zero-order chi connectivity index (χ0) is 20.4. The molecule has 0 bridgehead atoms. The van der Waals surface area contributed by atoms with E-state index in [2.05, 4.69) is 20.9 Å². The highest BCUT2D eigenvalue weighted by molar-refractivity contribution is 6.01. The Labute approximate surface area is 159 Å². The van der Waals surface area contributed by atoms with Crippen LogP contribution in [-0.2, 0) is 0 Å². The number of amides is 2. The van der Waals surface area contributed by atoms with Gasteiger partial charge in [-0.25, -0.2) is 9.67 Å². The number of non-ortho nitro benzene ring substituents is 1. The van der Waals surface area contributed by atoms with Crippen LogP contribution in [0, 0.1) is 17.0 Å². The monoisotopic (exact) mass is 382 g/mol. The van der Waals surface area contributed by atoms with Crippen molar-refractivity contribution in [2.24, 2.45) is 0 Å². The topological polar surface area (TPSA) is 132 Å². The fourth-order valence-electron chi connectivity index (χ4n) is 2.66. The van der Waals surface area contributed by atoms with Gasteiger partial charge < -0.3 is 0 Å². The summed E-state index contributed by atoms with van der Waals surface area (Å²) >= 11 is 0. The number of aromatic nitrogens is 3. The number of nitro groups is 1. The molecule has 0 unspecified atom stereocenters. The molecule has 10 heteroatoms. The van der Waals surface area contributed by atoms with Crippen molar-refractivity contribution >= 4 is 28.5 Å². The number of nitro benzene ring substituents is 1. The number of nitrogens with zero attached hydrogens (tertiary/aromatic N) is 4. The van der Waals surface area contributed by atoms with Crippen LogP contribution in [0.15, 0.2) is 36.5 Å². The summed E-state index contributed by atoms with van der Waals surface area (Å²) in [6, 6.07) is 6.83. The molecular weight excluding hydrogens is 364 g/mol. The fourth-order valence-corrected chi connectivity index (χ4v) is 2.66. The minimum Gasteiger partial charge on any atom is -0.267 e. The Bertz CT molecular complexity index is 1070. The van der Waals surface area contributed by atoms with Gasteiger partial charge in [-0.2, -0.15) is 5.10 Å². The van der Waals surface area contributed by atoms with Crippen LogP contribution in [0.1, 0.15) is 46.3 Å². The smallest absolute Gasteiger partial charge is 0.267 e. The highest BCUT2D eigenvalue weighted by Crippen LogP contribution is 2.19. The largest absolute Gasteiger partial charge is 0.271 e. The summed E-state index contributed by atoms with van der Waals surface area (Å²) in [5, 5.41) is 15.6. The second-order valence-electron chi connectivity index (χ2n) is 6.43. The number of carbonyl (C=O) groups is 2. The maximum atomic E-state index is 12.4. The Morgan fingerprint density at radius 2 is 1.79 bits per heavy atom. The van der Waals surface area contributed by atoms with E-state index in [1.807, 2.05) is 13.8 Å². The summed E-state index contributed by atoms with van der Waals surface area (Å²) < 4.78 is 1.76. The molecule has 0 saturated heterocycles. The number of hydrogen-bond acceptors (Lipinski definition) is 6. The highest BCUT2D eigenvalue weighted by atomic mass is 16.6. The van der Waals surface area contributed by atoms with Crippen molar-refractivity contribution in [3.05, 3.63) is 63.5 Å². The fraction of sp³-hybridized carbons (Fsp3) is 0.222. The first-order valence-electron chi connectivity index (χ1n) is 8.48. The van der Waals surface area contributed by atoms with E-state index >= 15 is 0 Å². The normalized spacial score (nSPS) is 10.9. The predicted octanol–water partition coefficient (Wildman–Crippen LogP) is 2.30. The van der Waals surface area contributed by atoms with Crippen LogP contribution in [0.3, 0.4) is 0 Å². The summed E-state index contributed by atoms with van der Waals surface area (Å²) in [4.78, 5) is 39.1. The van der Waals surface area contributed by atoms with E-state index in [4.69, 9.17) is 0 Å². The third kappa shape index (κ3) is 3.65. The number of rotatable bonds is 4. The van der Waals surface area contributed by atoms with Gasteiger partial charge in [0.25, 0.3) is 17.5 Å². The van der Waals surface area contributed by atoms with Crippen molar-refractivity contribution in [2.45, 2.75) is 26.8 Å². The average Bonchev–Trinajstić information content (AvgIpc) is 3.08. The lowest BCUT2D eigenvalue weighted by molar-refractivity contribution is -0.384. The minimum atomic E-state index is -0.595. The van der Waals surface area contributed by atoms with Crippen LogP contribution < -0.4 is 10.9 Å². The van der Waals surface area contributed by atoms with E-state index in [9.17, 15) is 19.7 Å². The number of nitrogens with one attached hydrogen (secondary N) is 2.